The number of aliphatic imine (C=N–C) groups is 1. The van der Waals surface area contributed by atoms with Crippen molar-refractivity contribution in [3.8, 4) is 0 Å². The van der Waals surface area contributed by atoms with Crippen LogP contribution in [0.25, 0.3) is 0 Å². The fourth-order valence-electron chi connectivity index (χ4n) is 2.38. The van der Waals surface area contributed by atoms with Crippen molar-refractivity contribution in [2.75, 3.05) is 6.54 Å². The predicted octanol–water partition coefficient (Wildman–Crippen LogP) is 1.22. The third-order valence-electron chi connectivity index (χ3n) is 3.41. The van der Waals surface area contributed by atoms with E-state index in [0.717, 1.165) is 6.54 Å². The van der Waals surface area contributed by atoms with Gasteiger partial charge in [-0.25, -0.2) is 0 Å². The summed E-state index contributed by atoms with van der Waals surface area (Å²) < 4.78 is 0. The lowest BCUT2D eigenvalue weighted by atomic mass is 10.0. The Bertz CT molecular complexity index is 436. The molecule has 2 heterocycles. The molecule has 1 saturated carbocycles. The molecule has 4 nitrogen and oxygen atoms in total. The third kappa shape index (κ3) is 1.45. The van der Waals surface area contributed by atoms with Crippen LogP contribution in [0.1, 0.15) is 30.0 Å². The van der Waals surface area contributed by atoms with Crippen LogP contribution >= 0.6 is 0 Å². The quantitative estimate of drug-likeness (QED) is 0.808. The van der Waals surface area contributed by atoms with E-state index in [1.165, 1.54) is 24.0 Å². The molecule has 1 aromatic rings. The van der Waals surface area contributed by atoms with Crippen LogP contribution in [0.4, 0.5) is 0 Å². The van der Waals surface area contributed by atoms with E-state index in [1.54, 1.807) is 0 Å². The smallest absolute Gasteiger partial charge is 0.192 e. The summed E-state index contributed by atoms with van der Waals surface area (Å²) in [6.45, 7) is 2.89. The van der Waals surface area contributed by atoms with Crippen molar-refractivity contribution >= 4 is 5.96 Å². The fourth-order valence-corrected chi connectivity index (χ4v) is 2.38. The molecule has 2 N–H and O–H groups in total. The standard InChI is InChI=1S/C12H16N4/c1-8-4-5-14-6-10(8)11-7-15-12(13)16(11)9-2-3-9/h4-6,9,11H,2-3,7H2,1H3,(H2,13,15). The summed E-state index contributed by atoms with van der Waals surface area (Å²) in [5.41, 5.74) is 8.49. The number of aromatic nitrogens is 1. The lowest BCUT2D eigenvalue weighted by Crippen LogP contribution is -2.38. The number of aryl methyl sites for hydroxylation is 1. The lowest BCUT2D eigenvalue weighted by Gasteiger charge is -2.27. The van der Waals surface area contributed by atoms with Crippen molar-refractivity contribution in [3.05, 3.63) is 29.6 Å². The maximum atomic E-state index is 5.95. The van der Waals surface area contributed by atoms with E-state index >= 15 is 0 Å². The highest BCUT2D eigenvalue weighted by atomic mass is 15.4. The van der Waals surface area contributed by atoms with Gasteiger partial charge in [-0.05, 0) is 37.0 Å². The molecular formula is C12H16N4. The van der Waals surface area contributed by atoms with E-state index < -0.39 is 0 Å². The number of guanidine groups is 1. The van der Waals surface area contributed by atoms with Crippen molar-refractivity contribution in [1.82, 2.24) is 9.88 Å². The second kappa shape index (κ2) is 3.47. The number of rotatable bonds is 2. The minimum atomic E-state index is 0.307. The molecule has 0 bridgehead atoms. The van der Waals surface area contributed by atoms with Gasteiger partial charge >= 0.3 is 0 Å². The van der Waals surface area contributed by atoms with Gasteiger partial charge in [-0.2, -0.15) is 0 Å². The van der Waals surface area contributed by atoms with Gasteiger partial charge in [-0.15, -0.1) is 0 Å². The van der Waals surface area contributed by atoms with Gasteiger partial charge in [0.05, 0.1) is 12.6 Å². The molecule has 84 valence electrons. The minimum absolute atomic E-state index is 0.307. The molecule has 1 aliphatic heterocycles. The highest BCUT2D eigenvalue weighted by Crippen LogP contribution is 2.37. The second-order valence-electron chi connectivity index (χ2n) is 4.59. The summed E-state index contributed by atoms with van der Waals surface area (Å²) >= 11 is 0. The van der Waals surface area contributed by atoms with E-state index in [0.29, 0.717) is 18.0 Å². The van der Waals surface area contributed by atoms with E-state index in [9.17, 15) is 0 Å². The molecule has 1 unspecified atom stereocenters. The lowest BCUT2D eigenvalue weighted by molar-refractivity contribution is 0.336. The molecule has 0 saturated heterocycles. The van der Waals surface area contributed by atoms with Gasteiger partial charge in [0, 0.05) is 18.4 Å². The molecule has 3 rings (SSSR count). The summed E-state index contributed by atoms with van der Waals surface area (Å²) in [6, 6.07) is 2.96. The zero-order valence-corrected chi connectivity index (χ0v) is 9.43. The second-order valence-corrected chi connectivity index (χ2v) is 4.59. The molecule has 2 aliphatic rings. The Morgan fingerprint density at radius 3 is 2.94 bits per heavy atom. The average Bonchev–Trinajstić information content (AvgIpc) is 3.04. The summed E-state index contributed by atoms with van der Waals surface area (Å²) in [6.07, 6.45) is 6.26. The van der Waals surface area contributed by atoms with Crippen LogP contribution in [0.15, 0.2) is 23.5 Å². The molecular weight excluding hydrogens is 200 g/mol. The van der Waals surface area contributed by atoms with E-state index in [4.69, 9.17) is 5.73 Å². The van der Waals surface area contributed by atoms with Crippen LogP contribution in [-0.4, -0.2) is 28.4 Å². The monoisotopic (exact) mass is 216 g/mol. The normalized spacial score (nSPS) is 24.7. The fraction of sp³-hybridized carbons (Fsp3) is 0.500. The topological polar surface area (TPSA) is 54.5 Å². The number of hydrogen-bond acceptors (Lipinski definition) is 4. The first-order valence-electron chi connectivity index (χ1n) is 5.76. The van der Waals surface area contributed by atoms with Gasteiger partial charge in [-0.1, -0.05) is 0 Å². The van der Waals surface area contributed by atoms with Gasteiger partial charge in [0.15, 0.2) is 5.96 Å². The highest BCUT2D eigenvalue weighted by Gasteiger charge is 2.39. The van der Waals surface area contributed by atoms with Crippen LogP contribution in [0.5, 0.6) is 0 Å². The summed E-state index contributed by atoms with van der Waals surface area (Å²) in [5.74, 6) is 0.704. The molecule has 1 fully saturated rings. The molecule has 0 spiro atoms. The van der Waals surface area contributed by atoms with Crippen LogP contribution in [0, 0.1) is 6.92 Å². The molecule has 1 aromatic heterocycles. The van der Waals surface area contributed by atoms with Crippen molar-refractivity contribution in [2.24, 2.45) is 10.7 Å². The van der Waals surface area contributed by atoms with Crippen LogP contribution in [0.2, 0.25) is 0 Å². The number of hydrogen-bond donors (Lipinski definition) is 1. The van der Waals surface area contributed by atoms with Gasteiger partial charge in [-0.3, -0.25) is 9.98 Å². The van der Waals surface area contributed by atoms with Gasteiger partial charge in [0.1, 0.15) is 0 Å². The predicted molar refractivity (Wildman–Crippen MR) is 63.1 cm³/mol. The zero-order chi connectivity index (χ0) is 11.1. The van der Waals surface area contributed by atoms with Gasteiger partial charge < -0.3 is 10.6 Å². The first-order chi connectivity index (χ1) is 7.77. The first kappa shape index (κ1) is 9.63. The molecule has 0 radical (unpaired) electrons. The van der Waals surface area contributed by atoms with Crippen molar-refractivity contribution in [2.45, 2.75) is 31.8 Å². The Morgan fingerprint density at radius 1 is 1.44 bits per heavy atom. The van der Waals surface area contributed by atoms with E-state index in [1.807, 2.05) is 12.4 Å². The minimum Gasteiger partial charge on any atom is -0.370 e. The number of nitrogens with zero attached hydrogens (tertiary/aromatic N) is 3. The molecule has 16 heavy (non-hydrogen) atoms. The third-order valence-corrected chi connectivity index (χ3v) is 3.41. The summed E-state index contributed by atoms with van der Waals surface area (Å²) in [5, 5.41) is 0. The van der Waals surface area contributed by atoms with E-state index in [-0.39, 0.29) is 0 Å². The van der Waals surface area contributed by atoms with Gasteiger partial charge in [0.25, 0.3) is 0 Å². The SMILES string of the molecule is Cc1ccncc1C1CN=C(N)N1C1CC1. The van der Waals surface area contributed by atoms with Crippen molar-refractivity contribution in [1.29, 1.82) is 0 Å². The Morgan fingerprint density at radius 2 is 2.25 bits per heavy atom. The Hall–Kier alpha value is -1.58. The van der Waals surface area contributed by atoms with Crippen molar-refractivity contribution < 1.29 is 0 Å². The summed E-state index contributed by atoms with van der Waals surface area (Å²) in [7, 11) is 0. The first-order valence-corrected chi connectivity index (χ1v) is 5.76. The zero-order valence-electron chi connectivity index (χ0n) is 9.43. The molecule has 1 atom stereocenters. The number of nitrogens with two attached hydrogens (primary N) is 1. The maximum absolute atomic E-state index is 5.95. The van der Waals surface area contributed by atoms with Crippen LogP contribution < -0.4 is 5.73 Å². The van der Waals surface area contributed by atoms with Crippen LogP contribution in [-0.2, 0) is 0 Å². The van der Waals surface area contributed by atoms with Crippen LogP contribution in [0.3, 0.4) is 0 Å². The Kier molecular flexibility index (Phi) is 2.09. The largest absolute Gasteiger partial charge is 0.370 e. The average molecular weight is 216 g/mol. The van der Waals surface area contributed by atoms with Gasteiger partial charge in [0.2, 0.25) is 0 Å². The highest BCUT2D eigenvalue weighted by molar-refractivity contribution is 5.81. The molecule has 0 aromatic carbocycles. The van der Waals surface area contributed by atoms with Crippen molar-refractivity contribution in [3.63, 3.8) is 0 Å². The molecule has 0 amide bonds. The number of pyridine rings is 1. The Balaban J connectivity index is 1.93. The molecule has 4 heteroatoms. The maximum Gasteiger partial charge on any atom is 0.192 e. The van der Waals surface area contributed by atoms with E-state index in [2.05, 4.69) is 27.9 Å². The molecule has 1 aliphatic carbocycles. The Labute approximate surface area is 95.2 Å². The summed E-state index contributed by atoms with van der Waals surface area (Å²) in [4.78, 5) is 10.8.